The van der Waals surface area contributed by atoms with Crippen molar-refractivity contribution in [1.82, 2.24) is 14.9 Å². The fourth-order valence-electron chi connectivity index (χ4n) is 3.51. The van der Waals surface area contributed by atoms with Crippen LogP contribution in [-0.2, 0) is 14.3 Å². The predicted molar refractivity (Wildman–Crippen MR) is 113 cm³/mol. The topological polar surface area (TPSA) is 128 Å². The Morgan fingerprint density at radius 3 is 2.48 bits per heavy atom. The maximum absolute atomic E-state index is 12.5. The van der Waals surface area contributed by atoms with E-state index in [1.54, 1.807) is 37.5 Å². The van der Waals surface area contributed by atoms with E-state index in [0.29, 0.717) is 32.4 Å². The average molecular weight is 458 g/mol. The van der Waals surface area contributed by atoms with Gasteiger partial charge in [-0.2, -0.15) is 4.98 Å². The number of carbonyl (C=O) groups excluding carboxylic acids is 2. The van der Waals surface area contributed by atoms with Gasteiger partial charge in [0.1, 0.15) is 17.8 Å². The molecule has 0 radical (unpaired) electrons. The molecule has 1 aliphatic rings. The van der Waals surface area contributed by atoms with Crippen LogP contribution in [0.4, 0.5) is 16.3 Å². The normalized spacial score (nSPS) is 15.9. The van der Waals surface area contributed by atoms with Gasteiger partial charge in [0.15, 0.2) is 0 Å². The summed E-state index contributed by atoms with van der Waals surface area (Å²) in [7, 11) is 1.26. The molecule has 11 nitrogen and oxygen atoms in total. The molecule has 172 valence electrons. The number of ether oxygens (including phenoxy) is 2. The number of nitro groups is 1. The zero-order chi connectivity index (χ0) is 23.3. The Kier molecular flexibility index (Phi) is 7.99. The van der Waals surface area contributed by atoms with E-state index >= 15 is 0 Å². The van der Waals surface area contributed by atoms with Crippen LogP contribution in [0.25, 0.3) is 0 Å². The number of methoxy groups -OCH3 is 1. The number of amides is 1. The van der Waals surface area contributed by atoms with Gasteiger partial charge in [0.25, 0.3) is 0 Å². The molecule has 31 heavy (non-hydrogen) atoms. The van der Waals surface area contributed by atoms with Crippen LogP contribution in [0.2, 0.25) is 5.28 Å². The maximum atomic E-state index is 12.5. The Morgan fingerprint density at radius 1 is 1.39 bits per heavy atom. The van der Waals surface area contributed by atoms with Crippen LogP contribution < -0.4 is 4.90 Å². The number of anilines is 1. The third-order valence-corrected chi connectivity index (χ3v) is 5.05. The zero-order valence-corrected chi connectivity index (χ0v) is 19.1. The number of carbonyl (C=O) groups is 2. The molecular formula is C19H28ClN5O6. The molecule has 1 aliphatic heterocycles. The lowest BCUT2D eigenvalue weighted by atomic mass is 10.00. The summed E-state index contributed by atoms with van der Waals surface area (Å²) in [6.45, 7) is 7.87. The monoisotopic (exact) mass is 457 g/mol. The number of piperidine rings is 1. The highest BCUT2D eigenvalue weighted by Crippen LogP contribution is 2.33. The van der Waals surface area contributed by atoms with Gasteiger partial charge in [0.2, 0.25) is 11.1 Å². The van der Waals surface area contributed by atoms with E-state index in [-0.39, 0.29) is 22.8 Å². The first kappa shape index (κ1) is 24.6. The van der Waals surface area contributed by atoms with Gasteiger partial charge in [-0.25, -0.2) is 14.6 Å². The summed E-state index contributed by atoms with van der Waals surface area (Å²) in [5.41, 5.74) is -0.974. The lowest BCUT2D eigenvalue weighted by Gasteiger charge is -2.41. The molecule has 1 atom stereocenters. The van der Waals surface area contributed by atoms with Gasteiger partial charge in [-0.3, -0.25) is 10.1 Å². The summed E-state index contributed by atoms with van der Waals surface area (Å²) in [6.07, 6.45) is 1.83. The molecule has 1 saturated heterocycles. The van der Waals surface area contributed by atoms with Crippen molar-refractivity contribution < 1.29 is 24.0 Å². The van der Waals surface area contributed by atoms with Crippen LogP contribution in [0.3, 0.4) is 0 Å². The van der Waals surface area contributed by atoms with Gasteiger partial charge in [0, 0.05) is 19.1 Å². The second-order valence-corrected chi connectivity index (χ2v) is 8.50. The minimum atomic E-state index is -0.812. The van der Waals surface area contributed by atoms with Gasteiger partial charge in [-0.1, -0.05) is 6.92 Å². The Bertz CT molecular complexity index is 822. The Labute approximate surface area is 185 Å². The predicted octanol–water partition coefficient (Wildman–Crippen LogP) is 3.20. The molecule has 0 aromatic carbocycles. The standard InChI is InChI=1S/C19H28ClN5O6/c1-6-13(16(26)30-5)24(15-14(25(28)29)11-21-17(20)22-15)12-7-9-23(10-8-12)18(27)31-19(2,3)4/h11-13H,6-10H2,1-5H3/t13-/m1/s1. The highest BCUT2D eigenvalue weighted by molar-refractivity contribution is 6.28. The highest BCUT2D eigenvalue weighted by atomic mass is 35.5. The smallest absolute Gasteiger partial charge is 0.410 e. The van der Waals surface area contributed by atoms with Crippen molar-refractivity contribution in [2.45, 2.75) is 64.6 Å². The van der Waals surface area contributed by atoms with Gasteiger partial charge < -0.3 is 19.3 Å². The van der Waals surface area contributed by atoms with E-state index < -0.39 is 28.6 Å². The SMILES string of the molecule is CC[C@H](C(=O)OC)N(c1nc(Cl)ncc1[N+](=O)[O-])C1CCN(C(=O)OC(C)(C)C)CC1. The maximum Gasteiger partial charge on any atom is 0.410 e. The van der Waals surface area contributed by atoms with Crippen LogP contribution in [0, 0.1) is 10.1 Å². The van der Waals surface area contributed by atoms with Crippen LogP contribution in [-0.4, -0.2) is 69.7 Å². The molecule has 0 spiro atoms. The number of aromatic nitrogens is 2. The molecule has 1 amide bonds. The average Bonchev–Trinajstić information content (AvgIpc) is 2.70. The summed E-state index contributed by atoms with van der Waals surface area (Å²) in [5, 5.41) is 11.4. The first-order valence-electron chi connectivity index (χ1n) is 9.99. The van der Waals surface area contributed by atoms with Crippen molar-refractivity contribution in [1.29, 1.82) is 0 Å². The summed E-state index contributed by atoms with van der Waals surface area (Å²) >= 11 is 5.93. The van der Waals surface area contributed by atoms with Crippen LogP contribution in [0.1, 0.15) is 47.0 Å². The number of halogens is 1. The van der Waals surface area contributed by atoms with Crippen LogP contribution in [0.15, 0.2) is 6.20 Å². The lowest BCUT2D eigenvalue weighted by molar-refractivity contribution is -0.384. The minimum absolute atomic E-state index is 0.0435. The van der Waals surface area contributed by atoms with E-state index in [1.807, 2.05) is 0 Å². The largest absolute Gasteiger partial charge is 0.467 e. The van der Waals surface area contributed by atoms with Crippen molar-refractivity contribution in [3.05, 3.63) is 21.6 Å². The second-order valence-electron chi connectivity index (χ2n) is 8.16. The molecule has 12 heteroatoms. The van der Waals surface area contributed by atoms with Gasteiger partial charge in [-0.15, -0.1) is 0 Å². The van der Waals surface area contributed by atoms with Crippen LogP contribution in [0.5, 0.6) is 0 Å². The minimum Gasteiger partial charge on any atom is -0.467 e. The van der Waals surface area contributed by atoms with Crippen molar-refractivity contribution in [3.8, 4) is 0 Å². The number of likely N-dealkylation sites (tertiary alicyclic amines) is 1. The highest BCUT2D eigenvalue weighted by Gasteiger charge is 2.39. The fraction of sp³-hybridized carbons (Fsp3) is 0.684. The summed E-state index contributed by atoms with van der Waals surface area (Å²) in [6, 6.07) is -1.12. The molecule has 0 bridgehead atoms. The van der Waals surface area contributed by atoms with Gasteiger partial charge >= 0.3 is 17.7 Å². The van der Waals surface area contributed by atoms with E-state index in [0.717, 1.165) is 6.20 Å². The van der Waals surface area contributed by atoms with Crippen molar-refractivity contribution in [2.24, 2.45) is 0 Å². The third-order valence-electron chi connectivity index (χ3n) is 4.87. The second kappa shape index (κ2) is 10.1. The first-order valence-corrected chi connectivity index (χ1v) is 10.4. The van der Waals surface area contributed by atoms with Crippen molar-refractivity contribution in [2.75, 3.05) is 25.1 Å². The first-order chi connectivity index (χ1) is 14.5. The van der Waals surface area contributed by atoms with Crippen LogP contribution >= 0.6 is 11.6 Å². The van der Waals surface area contributed by atoms with Crippen molar-refractivity contribution in [3.63, 3.8) is 0 Å². The number of hydrogen-bond acceptors (Lipinski definition) is 9. The Hall–Kier alpha value is -2.69. The van der Waals surface area contributed by atoms with Gasteiger partial charge in [0.05, 0.1) is 12.0 Å². The lowest BCUT2D eigenvalue weighted by Crippen LogP contribution is -2.53. The number of esters is 1. The Balaban J connectivity index is 2.36. The molecule has 1 aromatic rings. The Morgan fingerprint density at radius 2 is 2.00 bits per heavy atom. The zero-order valence-electron chi connectivity index (χ0n) is 18.3. The molecule has 0 aliphatic carbocycles. The van der Waals surface area contributed by atoms with E-state index in [9.17, 15) is 19.7 Å². The summed E-state index contributed by atoms with van der Waals surface area (Å²) < 4.78 is 10.3. The molecular weight excluding hydrogens is 430 g/mol. The van der Waals surface area contributed by atoms with E-state index in [1.165, 1.54) is 7.11 Å². The quantitative estimate of drug-likeness (QED) is 0.273. The fourth-order valence-corrected chi connectivity index (χ4v) is 3.63. The molecule has 2 rings (SSSR count). The molecule has 0 saturated carbocycles. The van der Waals surface area contributed by atoms with Crippen molar-refractivity contribution >= 4 is 35.2 Å². The molecule has 1 aromatic heterocycles. The summed E-state index contributed by atoms with van der Waals surface area (Å²) in [4.78, 5) is 46.8. The summed E-state index contributed by atoms with van der Waals surface area (Å²) in [5.74, 6) is -0.584. The number of hydrogen-bond donors (Lipinski definition) is 0. The number of nitrogens with zero attached hydrogens (tertiary/aromatic N) is 5. The molecule has 0 unspecified atom stereocenters. The molecule has 2 heterocycles. The van der Waals surface area contributed by atoms with E-state index in [4.69, 9.17) is 21.1 Å². The van der Waals surface area contributed by atoms with Gasteiger partial charge in [-0.05, 0) is 51.6 Å². The van der Waals surface area contributed by atoms with E-state index in [2.05, 4.69) is 9.97 Å². The molecule has 0 N–H and O–H groups in total. The molecule has 1 fully saturated rings. The third kappa shape index (κ3) is 6.16. The number of rotatable bonds is 6.